The van der Waals surface area contributed by atoms with Crippen molar-refractivity contribution in [2.75, 3.05) is 13.1 Å². The SMILES string of the molecule is Cc1n[nH]c(C)c1[C@@H]1CCCN1C(=O)NCCc1ccc(F)cc1F. The van der Waals surface area contributed by atoms with Crippen molar-refractivity contribution in [1.82, 2.24) is 20.4 Å². The standard InChI is InChI=1S/C18H22F2N4O/c1-11-17(12(2)23-22-11)16-4-3-9-24(16)18(25)21-8-7-13-5-6-14(19)10-15(13)20/h5-6,10,16H,3-4,7-9H2,1-2H3,(H,21,25)(H,22,23)/t16-/m0/s1. The molecule has 0 unspecified atom stereocenters. The number of likely N-dealkylation sites (tertiary alicyclic amines) is 1. The summed E-state index contributed by atoms with van der Waals surface area (Å²) in [5.41, 5.74) is 3.37. The lowest BCUT2D eigenvalue weighted by atomic mass is 10.0. The van der Waals surface area contributed by atoms with E-state index in [0.29, 0.717) is 25.1 Å². The maximum absolute atomic E-state index is 13.6. The lowest BCUT2D eigenvalue weighted by Gasteiger charge is -2.25. The molecule has 25 heavy (non-hydrogen) atoms. The zero-order valence-electron chi connectivity index (χ0n) is 14.4. The van der Waals surface area contributed by atoms with Crippen LogP contribution in [0.1, 0.15) is 41.4 Å². The van der Waals surface area contributed by atoms with Gasteiger partial charge in [0.1, 0.15) is 11.6 Å². The van der Waals surface area contributed by atoms with Gasteiger partial charge in [-0.15, -0.1) is 0 Å². The molecule has 1 aliphatic heterocycles. The first-order chi connectivity index (χ1) is 12.0. The number of halogens is 2. The lowest BCUT2D eigenvalue weighted by molar-refractivity contribution is 0.193. The highest BCUT2D eigenvalue weighted by molar-refractivity contribution is 5.75. The Hall–Kier alpha value is -2.44. The molecule has 0 spiro atoms. The van der Waals surface area contributed by atoms with Crippen LogP contribution in [0.25, 0.3) is 0 Å². The molecule has 0 aliphatic carbocycles. The van der Waals surface area contributed by atoms with Gasteiger partial charge in [0, 0.05) is 30.4 Å². The van der Waals surface area contributed by atoms with Gasteiger partial charge in [-0.2, -0.15) is 5.10 Å². The summed E-state index contributed by atoms with van der Waals surface area (Å²) in [6.45, 7) is 4.88. The largest absolute Gasteiger partial charge is 0.338 e. The molecule has 1 aromatic heterocycles. The summed E-state index contributed by atoms with van der Waals surface area (Å²) in [7, 11) is 0. The maximum atomic E-state index is 13.6. The fourth-order valence-electron chi connectivity index (χ4n) is 3.49. The minimum Gasteiger partial charge on any atom is -0.338 e. The highest BCUT2D eigenvalue weighted by Crippen LogP contribution is 2.34. The van der Waals surface area contributed by atoms with E-state index in [0.717, 1.165) is 35.9 Å². The Labute approximate surface area is 145 Å². The number of benzene rings is 1. The third kappa shape index (κ3) is 3.65. The van der Waals surface area contributed by atoms with Gasteiger partial charge in [0.05, 0.1) is 11.7 Å². The summed E-state index contributed by atoms with van der Waals surface area (Å²) < 4.78 is 26.6. The molecule has 2 N–H and O–H groups in total. The molecule has 0 radical (unpaired) electrons. The van der Waals surface area contributed by atoms with Crippen molar-refractivity contribution in [2.24, 2.45) is 0 Å². The van der Waals surface area contributed by atoms with Crippen LogP contribution in [0.5, 0.6) is 0 Å². The molecule has 1 aromatic carbocycles. The Kier molecular flexibility index (Phi) is 5.01. The predicted molar refractivity (Wildman–Crippen MR) is 90.2 cm³/mol. The number of carbonyl (C=O) groups excluding carboxylic acids is 1. The van der Waals surface area contributed by atoms with Crippen LogP contribution < -0.4 is 5.32 Å². The summed E-state index contributed by atoms with van der Waals surface area (Å²) in [6, 6.07) is 3.35. The quantitative estimate of drug-likeness (QED) is 0.890. The smallest absolute Gasteiger partial charge is 0.317 e. The average molecular weight is 348 g/mol. The number of nitrogens with one attached hydrogen (secondary N) is 2. The average Bonchev–Trinajstić information content (AvgIpc) is 3.16. The highest BCUT2D eigenvalue weighted by Gasteiger charge is 2.32. The van der Waals surface area contributed by atoms with E-state index >= 15 is 0 Å². The second-order valence-corrected chi connectivity index (χ2v) is 6.42. The van der Waals surface area contributed by atoms with Gasteiger partial charge in [0.25, 0.3) is 0 Å². The second kappa shape index (κ2) is 7.21. The molecular weight excluding hydrogens is 326 g/mol. The number of hydrogen-bond acceptors (Lipinski definition) is 2. The minimum absolute atomic E-state index is 0.0151. The van der Waals surface area contributed by atoms with E-state index in [1.807, 2.05) is 18.7 Å². The number of aromatic nitrogens is 2. The summed E-state index contributed by atoms with van der Waals surface area (Å²) in [4.78, 5) is 14.3. The Bertz CT molecular complexity index is 755. The summed E-state index contributed by atoms with van der Waals surface area (Å²) >= 11 is 0. The van der Waals surface area contributed by atoms with Crippen molar-refractivity contribution in [3.63, 3.8) is 0 Å². The summed E-state index contributed by atoms with van der Waals surface area (Å²) in [5, 5.41) is 10.0. The molecule has 2 amide bonds. The van der Waals surface area contributed by atoms with Crippen LogP contribution in [-0.2, 0) is 6.42 Å². The molecule has 7 heteroatoms. The molecule has 5 nitrogen and oxygen atoms in total. The molecular formula is C18H22F2N4O. The van der Waals surface area contributed by atoms with Crippen molar-refractivity contribution in [2.45, 2.75) is 39.2 Å². The van der Waals surface area contributed by atoms with E-state index in [-0.39, 0.29) is 12.1 Å². The number of hydrogen-bond donors (Lipinski definition) is 2. The number of H-pyrrole nitrogens is 1. The molecule has 0 saturated carbocycles. The predicted octanol–water partition coefficient (Wildman–Crippen LogP) is 3.39. The Balaban J connectivity index is 1.61. The number of carbonyl (C=O) groups is 1. The van der Waals surface area contributed by atoms with Crippen molar-refractivity contribution >= 4 is 6.03 Å². The van der Waals surface area contributed by atoms with Gasteiger partial charge in [0.15, 0.2) is 0 Å². The van der Waals surface area contributed by atoms with Crippen molar-refractivity contribution in [1.29, 1.82) is 0 Å². The number of urea groups is 1. The lowest BCUT2D eigenvalue weighted by Crippen LogP contribution is -2.40. The number of amides is 2. The van der Waals surface area contributed by atoms with Crippen LogP contribution in [0.4, 0.5) is 13.6 Å². The third-order valence-corrected chi connectivity index (χ3v) is 4.72. The molecule has 1 fully saturated rings. The first-order valence-electron chi connectivity index (χ1n) is 8.47. The Morgan fingerprint density at radius 2 is 2.20 bits per heavy atom. The Morgan fingerprint density at radius 3 is 2.88 bits per heavy atom. The van der Waals surface area contributed by atoms with Crippen LogP contribution in [0, 0.1) is 25.5 Å². The number of nitrogens with zero attached hydrogens (tertiary/aromatic N) is 2. The normalized spacial score (nSPS) is 17.1. The van der Waals surface area contributed by atoms with E-state index in [9.17, 15) is 13.6 Å². The topological polar surface area (TPSA) is 61.0 Å². The minimum atomic E-state index is -0.601. The van der Waals surface area contributed by atoms with E-state index in [1.54, 1.807) is 0 Å². The first-order valence-corrected chi connectivity index (χ1v) is 8.47. The monoisotopic (exact) mass is 348 g/mol. The van der Waals surface area contributed by atoms with E-state index in [4.69, 9.17) is 0 Å². The van der Waals surface area contributed by atoms with Gasteiger partial charge < -0.3 is 10.2 Å². The summed E-state index contributed by atoms with van der Waals surface area (Å²) in [5.74, 6) is -1.19. The number of aryl methyl sites for hydroxylation is 2. The van der Waals surface area contributed by atoms with Crippen molar-refractivity contribution in [3.8, 4) is 0 Å². The summed E-state index contributed by atoms with van der Waals surface area (Å²) in [6.07, 6.45) is 2.16. The van der Waals surface area contributed by atoms with E-state index in [1.165, 1.54) is 12.1 Å². The number of aromatic amines is 1. The maximum Gasteiger partial charge on any atom is 0.317 e. The van der Waals surface area contributed by atoms with Crippen LogP contribution >= 0.6 is 0 Å². The van der Waals surface area contributed by atoms with Gasteiger partial charge in [-0.1, -0.05) is 6.07 Å². The molecule has 1 atom stereocenters. The molecule has 2 aromatic rings. The van der Waals surface area contributed by atoms with Crippen LogP contribution in [0.3, 0.4) is 0 Å². The van der Waals surface area contributed by atoms with Crippen LogP contribution in [0.2, 0.25) is 0 Å². The zero-order valence-corrected chi connectivity index (χ0v) is 14.4. The Morgan fingerprint density at radius 1 is 1.40 bits per heavy atom. The first kappa shape index (κ1) is 17.4. The van der Waals surface area contributed by atoms with E-state index in [2.05, 4.69) is 15.5 Å². The highest BCUT2D eigenvalue weighted by atomic mass is 19.1. The number of rotatable bonds is 4. The van der Waals surface area contributed by atoms with Gasteiger partial charge >= 0.3 is 6.03 Å². The van der Waals surface area contributed by atoms with Crippen LogP contribution in [0.15, 0.2) is 18.2 Å². The molecule has 1 saturated heterocycles. The fraction of sp³-hybridized carbons (Fsp3) is 0.444. The van der Waals surface area contributed by atoms with Gasteiger partial charge in [-0.05, 0) is 44.7 Å². The van der Waals surface area contributed by atoms with Crippen LogP contribution in [-0.4, -0.2) is 34.2 Å². The second-order valence-electron chi connectivity index (χ2n) is 6.42. The molecule has 134 valence electrons. The zero-order chi connectivity index (χ0) is 18.0. The van der Waals surface area contributed by atoms with Gasteiger partial charge in [-0.25, -0.2) is 13.6 Å². The van der Waals surface area contributed by atoms with Crippen molar-refractivity contribution < 1.29 is 13.6 Å². The molecule has 2 heterocycles. The van der Waals surface area contributed by atoms with Gasteiger partial charge in [-0.3, -0.25) is 5.10 Å². The third-order valence-electron chi connectivity index (χ3n) is 4.72. The fourth-order valence-corrected chi connectivity index (χ4v) is 3.49. The van der Waals surface area contributed by atoms with Crippen molar-refractivity contribution in [3.05, 3.63) is 52.3 Å². The molecule has 1 aliphatic rings. The molecule has 0 bridgehead atoms. The molecule has 3 rings (SSSR count). The van der Waals surface area contributed by atoms with E-state index < -0.39 is 11.6 Å². The van der Waals surface area contributed by atoms with Gasteiger partial charge in [0.2, 0.25) is 0 Å².